The summed E-state index contributed by atoms with van der Waals surface area (Å²) in [6, 6.07) is 50.8. The first-order valence-electron chi connectivity index (χ1n) is 22.2. The first kappa shape index (κ1) is 35.1. The smallest absolute Gasteiger partial charge is 0.0543 e. The molecule has 0 aromatic heterocycles. The van der Waals surface area contributed by atoms with Crippen LogP contribution in [0.1, 0.15) is 97.1 Å². The van der Waals surface area contributed by atoms with E-state index in [1.807, 2.05) is 0 Å². The SMILES string of the molecule is CC1(C)c2ccccc2-c2c(N(C3=CCC(c4ccc5c(c4)C4C6=CC=CC4C4CCCCC4c4c(cccc4-5)C6)C=C3)c3ccccc3-c3ccccc3)cccc21. The van der Waals surface area contributed by atoms with Gasteiger partial charge in [-0.2, -0.15) is 0 Å². The molecule has 5 unspecified atom stereocenters. The van der Waals surface area contributed by atoms with Crippen molar-refractivity contribution in [2.24, 2.45) is 11.8 Å². The first-order valence-corrected chi connectivity index (χ1v) is 22.2. The molecule has 7 aliphatic rings. The minimum Gasteiger partial charge on any atom is -0.310 e. The fourth-order valence-electron chi connectivity index (χ4n) is 12.6. The third kappa shape index (κ3) is 5.36. The third-order valence-electron chi connectivity index (χ3n) is 15.2. The highest BCUT2D eigenvalue weighted by molar-refractivity contribution is 5.96. The maximum Gasteiger partial charge on any atom is 0.0543 e. The predicted octanol–water partition coefficient (Wildman–Crippen LogP) is 15.1. The van der Waals surface area contributed by atoms with Crippen molar-refractivity contribution in [3.05, 3.63) is 215 Å². The van der Waals surface area contributed by atoms with Gasteiger partial charge in [-0.05, 0) is 117 Å². The summed E-state index contributed by atoms with van der Waals surface area (Å²) in [6.45, 7) is 4.77. The molecular weight excluding hydrogens is 711 g/mol. The zero-order valence-corrected chi connectivity index (χ0v) is 34.2. The van der Waals surface area contributed by atoms with Crippen LogP contribution in [0.3, 0.4) is 0 Å². The number of rotatable bonds is 5. The molecule has 1 fully saturated rings. The number of anilines is 2. The van der Waals surface area contributed by atoms with E-state index in [0.29, 0.717) is 29.6 Å². The topological polar surface area (TPSA) is 3.24 Å². The Morgan fingerprint density at radius 3 is 2.29 bits per heavy atom. The van der Waals surface area contributed by atoms with E-state index >= 15 is 0 Å². The molecule has 6 aromatic carbocycles. The summed E-state index contributed by atoms with van der Waals surface area (Å²) in [5.41, 5.74) is 22.4. The number of para-hydroxylation sites is 1. The van der Waals surface area contributed by atoms with Crippen molar-refractivity contribution in [3.8, 4) is 33.4 Å². The summed E-state index contributed by atoms with van der Waals surface area (Å²) >= 11 is 0. The molecule has 59 heavy (non-hydrogen) atoms. The van der Waals surface area contributed by atoms with Crippen LogP contribution in [-0.2, 0) is 11.8 Å². The Bertz CT molecular complexity index is 2790. The maximum atomic E-state index is 2.64. The van der Waals surface area contributed by atoms with E-state index in [-0.39, 0.29) is 5.41 Å². The van der Waals surface area contributed by atoms with Crippen LogP contribution >= 0.6 is 0 Å². The first-order chi connectivity index (χ1) is 29.0. The van der Waals surface area contributed by atoms with E-state index in [1.54, 1.807) is 22.3 Å². The van der Waals surface area contributed by atoms with Gasteiger partial charge in [0.25, 0.3) is 0 Å². The van der Waals surface area contributed by atoms with E-state index in [9.17, 15) is 0 Å². The lowest BCUT2D eigenvalue weighted by atomic mass is 9.56. The second-order valence-electron chi connectivity index (χ2n) is 18.6. The lowest BCUT2D eigenvalue weighted by Crippen LogP contribution is -2.35. The van der Waals surface area contributed by atoms with Crippen molar-refractivity contribution < 1.29 is 0 Å². The average Bonchev–Trinajstić information content (AvgIpc) is 3.52. The number of allylic oxidation sites excluding steroid dienone is 7. The summed E-state index contributed by atoms with van der Waals surface area (Å²) in [7, 11) is 0. The van der Waals surface area contributed by atoms with Crippen LogP contribution in [0.4, 0.5) is 11.4 Å². The Hall–Kier alpha value is -5.92. The van der Waals surface area contributed by atoms with Crippen LogP contribution in [0.2, 0.25) is 0 Å². The molecule has 6 aromatic rings. The Labute approximate surface area is 350 Å². The number of fused-ring (bicyclic) bond motifs is 3. The van der Waals surface area contributed by atoms with E-state index in [0.717, 1.165) is 12.8 Å². The van der Waals surface area contributed by atoms with Gasteiger partial charge >= 0.3 is 0 Å². The highest BCUT2D eigenvalue weighted by atomic mass is 15.2. The quantitative estimate of drug-likeness (QED) is 0.169. The Morgan fingerprint density at radius 1 is 0.644 bits per heavy atom. The molecule has 7 aliphatic carbocycles. The molecule has 0 spiro atoms. The van der Waals surface area contributed by atoms with E-state index in [4.69, 9.17) is 0 Å². The minimum absolute atomic E-state index is 0.0819. The molecule has 5 atom stereocenters. The summed E-state index contributed by atoms with van der Waals surface area (Å²) in [5.74, 6) is 2.72. The summed E-state index contributed by atoms with van der Waals surface area (Å²) in [5, 5.41) is 0. The van der Waals surface area contributed by atoms with Gasteiger partial charge in [-0.25, -0.2) is 0 Å². The number of nitrogens with zero attached hydrogens (tertiary/aromatic N) is 1. The molecule has 0 radical (unpaired) electrons. The monoisotopic (exact) mass is 761 g/mol. The largest absolute Gasteiger partial charge is 0.310 e. The lowest BCUT2D eigenvalue weighted by molar-refractivity contribution is 0.221. The van der Waals surface area contributed by atoms with Crippen LogP contribution in [-0.4, -0.2) is 0 Å². The number of benzene rings is 6. The van der Waals surface area contributed by atoms with Gasteiger partial charge in [0, 0.05) is 34.1 Å². The van der Waals surface area contributed by atoms with Crippen LogP contribution in [0.25, 0.3) is 33.4 Å². The van der Waals surface area contributed by atoms with Gasteiger partial charge in [0.05, 0.1) is 11.4 Å². The maximum absolute atomic E-state index is 2.64. The highest BCUT2D eigenvalue weighted by Crippen LogP contribution is 2.59. The Morgan fingerprint density at radius 2 is 1.41 bits per heavy atom. The van der Waals surface area contributed by atoms with E-state index < -0.39 is 0 Å². The zero-order valence-electron chi connectivity index (χ0n) is 34.2. The molecule has 6 bridgehead atoms. The van der Waals surface area contributed by atoms with Crippen molar-refractivity contribution in [3.63, 3.8) is 0 Å². The standard InChI is InChI=1S/C58H51N/c1-58(2)51-25-10-8-22-49(51)57-52(58)26-14-28-54(57)59(53-27-11-9-19-43(53)38-15-4-3-5-16-38)42-32-29-37(30-33-42)39-31-34-45-48-24-12-17-40-35-41-18-13-23-47(56(41)50(45)36-39)44-20-6-7-21-46(44)55(40)48/h3-5,8-19,22-29,31-34,36-37,44,46-47,56H,6-7,20-21,30,35H2,1-2H3. The van der Waals surface area contributed by atoms with Crippen LogP contribution in [0, 0.1) is 11.8 Å². The van der Waals surface area contributed by atoms with Crippen molar-refractivity contribution in [2.75, 3.05) is 4.90 Å². The molecule has 13 rings (SSSR count). The summed E-state index contributed by atoms with van der Waals surface area (Å²) < 4.78 is 0. The van der Waals surface area contributed by atoms with Gasteiger partial charge in [-0.3, -0.25) is 0 Å². The Kier molecular flexibility index (Phi) is 8.06. The van der Waals surface area contributed by atoms with Gasteiger partial charge in [0.2, 0.25) is 0 Å². The summed E-state index contributed by atoms with van der Waals surface area (Å²) in [4.78, 5) is 2.56. The summed E-state index contributed by atoms with van der Waals surface area (Å²) in [6.07, 6.45) is 22.4. The Balaban J connectivity index is 0.976. The predicted molar refractivity (Wildman–Crippen MR) is 246 cm³/mol. The molecular formula is C58H51N. The molecule has 0 saturated heterocycles. The molecule has 1 heteroatoms. The molecule has 1 nitrogen and oxygen atoms in total. The molecule has 288 valence electrons. The highest BCUT2D eigenvalue weighted by Gasteiger charge is 2.45. The van der Waals surface area contributed by atoms with Crippen LogP contribution in [0.15, 0.2) is 181 Å². The van der Waals surface area contributed by atoms with Crippen molar-refractivity contribution in [1.29, 1.82) is 0 Å². The second kappa shape index (κ2) is 13.6. The minimum atomic E-state index is -0.0819. The molecule has 1 saturated carbocycles. The van der Waals surface area contributed by atoms with E-state index in [1.165, 1.54) is 92.8 Å². The van der Waals surface area contributed by atoms with Gasteiger partial charge in [0.15, 0.2) is 0 Å². The van der Waals surface area contributed by atoms with E-state index in [2.05, 4.69) is 189 Å². The molecule has 0 amide bonds. The second-order valence-corrected chi connectivity index (χ2v) is 18.6. The third-order valence-corrected chi connectivity index (χ3v) is 15.2. The van der Waals surface area contributed by atoms with Crippen molar-refractivity contribution in [1.82, 2.24) is 0 Å². The number of hydrogen-bond acceptors (Lipinski definition) is 1. The van der Waals surface area contributed by atoms with Crippen LogP contribution < -0.4 is 4.90 Å². The fourth-order valence-corrected chi connectivity index (χ4v) is 12.6. The van der Waals surface area contributed by atoms with Gasteiger partial charge in [0.1, 0.15) is 0 Å². The molecule has 0 N–H and O–H groups in total. The molecule has 0 aliphatic heterocycles. The van der Waals surface area contributed by atoms with Gasteiger partial charge in [-0.1, -0.05) is 184 Å². The average molecular weight is 762 g/mol. The van der Waals surface area contributed by atoms with Gasteiger partial charge < -0.3 is 4.90 Å². The van der Waals surface area contributed by atoms with Crippen LogP contribution in [0.5, 0.6) is 0 Å². The van der Waals surface area contributed by atoms with Crippen molar-refractivity contribution in [2.45, 2.75) is 75.5 Å². The number of hydrogen-bond donors (Lipinski definition) is 0. The van der Waals surface area contributed by atoms with Gasteiger partial charge in [-0.15, -0.1) is 0 Å². The fraction of sp³-hybridized carbons (Fsp3) is 0.241. The normalized spacial score (nSPS) is 23.7. The molecule has 0 heterocycles. The zero-order chi connectivity index (χ0) is 39.2. The van der Waals surface area contributed by atoms with Crippen molar-refractivity contribution >= 4 is 11.4 Å². The lowest BCUT2D eigenvalue weighted by Gasteiger charge is -2.47.